The van der Waals surface area contributed by atoms with Gasteiger partial charge in [0.15, 0.2) is 0 Å². The maximum atomic E-state index is 13.2. The molecule has 10 aromatic rings. The molecule has 4 aliphatic heterocycles. The number of nitro groups is 2. The SMILES string of the molecule is C.CCN(CC)CC.CO.Cl.ClCCl.Nc1cc(C(F)(F)F)ccc1N1Cc2ccccc2C1.O=C(Cl)c1ccncc1.O=C(Nc1cc(C(F)(F)F)ccc1N1Cc2ccccc2C1)c1ccncc1.O=[N+]([O-])c1cc(C(F)(F)F)ccc1F.O=[N+]([O-])c1cc(C(F)(F)F)ccc1N1Cc2ccccc2C1.c1ccc2c(c1)CNC2. The van der Waals surface area contributed by atoms with Crippen molar-refractivity contribution in [2.45, 2.75) is 105 Å². The average Bonchev–Trinajstić information content (AvgIpc) is 1.59. The molecule has 116 heavy (non-hydrogen) atoms. The van der Waals surface area contributed by atoms with Crippen LogP contribution in [0.1, 0.15) is 116 Å². The number of hydrogen-bond acceptors (Lipinski definition) is 15. The zero-order valence-electron chi connectivity index (χ0n) is 61.8. The van der Waals surface area contributed by atoms with Crippen molar-refractivity contribution in [1.29, 1.82) is 0 Å². The highest BCUT2D eigenvalue weighted by molar-refractivity contribution is 6.67. The van der Waals surface area contributed by atoms with Gasteiger partial charge in [0.2, 0.25) is 5.82 Å². The second-order valence-corrected chi connectivity index (χ2v) is 25.7. The highest BCUT2D eigenvalue weighted by Crippen LogP contribution is 2.42. The van der Waals surface area contributed by atoms with Crippen molar-refractivity contribution in [3.05, 3.63) is 323 Å². The quantitative estimate of drug-likeness (QED) is 0.0236. The van der Waals surface area contributed by atoms with Crippen LogP contribution in [-0.4, -0.2) is 73.1 Å². The molecule has 622 valence electrons. The number of nitrogens with two attached hydrogens (primary N) is 1. The van der Waals surface area contributed by atoms with Gasteiger partial charge in [-0.05, 0) is 161 Å². The first-order valence-electron chi connectivity index (χ1n) is 34.5. The third-order valence-electron chi connectivity index (χ3n) is 17.4. The molecule has 0 saturated heterocycles. The highest BCUT2D eigenvalue weighted by atomic mass is 35.5. The van der Waals surface area contributed by atoms with Crippen molar-refractivity contribution in [1.82, 2.24) is 20.2 Å². The zero-order valence-corrected chi connectivity index (χ0v) is 64.9. The lowest BCUT2D eigenvalue weighted by molar-refractivity contribution is -0.387. The minimum atomic E-state index is -4.71. The number of amides is 1. The summed E-state index contributed by atoms with van der Waals surface area (Å²) >= 11 is 14.7. The van der Waals surface area contributed by atoms with E-state index in [0.717, 1.165) is 72.8 Å². The number of aliphatic hydroxyl groups excluding tert-OH is 1. The van der Waals surface area contributed by atoms with Crippen molar-refractivity contribution < 1.29 is 81.6 Å². The lowest BCUT2D eigenvalue weighted by Gasteiger charge is -2.23. The van der Waals surface area contributed by atoms with E-state index in [0.29, 0.717) is 80.0 Å². The van der Waals surface area contributed by atoms with Gasteiger partial charge in [-0.3, -0.25) is 39.8 Å². The summed E-state index contributed by atoms with van der Waals surface area (Å²) in [6.07, 6.45) is -12.2. The number of halogens is 17. The number of alkyl halides is 14. The first kappa shape index (κ1) is 97.7. The van der Waals surface area contributed by atoms with Gasteiger partial charge in [0, 0.05) is 108 Å². The molecule has 0 bridgehead atoms. The van der Waals surface area contributed by atoms with Crippen LogP contribution < -0.4 is 31.1 Å². The average molecular weight is 1710 g/mol. The van der Waals surface area contributed by atoms with E-state index in [1.807, 2.05) is 82.6 Å². The molecule has 1 amide bonds. The number of aliphatic hydroxyl groups is 1. The Labute approximate surface area is 682 Å². The molecule has 0 saturated carbocycles. The van der Waals surface area contributed by atoms with E-state index in [1.54, 1.807) is 17.0 Å². The van der Waals surface area contributed by atoms with Crippen molar-refractivity contribution in [2.75, 3.05) is 57.8 Å². The van der Waals surface area contributed by atoms with Crippen LogP contribution in [0.4, 0.5) is 96.9 Å². The molecule has 0 radical (unpaired) electrons. The van der Waals surface area contributed by atoms with Crippen molar-refractivity contribution in [3.63, 3.8) is 0 Å². The Bertz CT molecular complexity index is 4700. The third kappa shape index (κ3) is 28.9. The maximum Gasteiger partial charge on any atom is 0.416 e. The lowest BCUT2D eigenvalue weighted by Crippen LogP contribution is -2.21. The molecule has 35 heteroatoms. The molecule has 0 spiro atoms. The van der Waals surface area contributed by atoms with E-state index < -0.39 is 85.1 Å². The van der Waals surface area contributed by atoms with Gasteiger partial charge in [-0.2, -0.15) is 57.1 Å². The summed E-state index contributed by atoms with van der Waals surface area (Å²) in [7, 11) is 1.00. The number of fused-ring (bicyclic) bond motifs is 4. The third-order valence-corrected chi connectivity index (χ3v) is 17.6. The second-order valence-electron chi connectivity index (χ2n) is 24.5. The molecule has 0 fully saturated rings. The number of hydrogen-bond donors (Lipinski definition) is 4. The summed E-state index contributed by atoms with van der Waals surface area (Å²) in [6, 6.07) is 48.7. The van der Waals surface area contributed by atoms with Gasteiger partial charge in [-0.25, -0.2) is 0 Å². The van der Waals surface area contributed by atoms with E-state index in [2.05, 4.69) is 70.5 Å². The minimum absolute atomic E-state index is 0. The predicted molar refractivity (Wildman–Crippen MR) is 428 cm³/mol. The van der Waals surface area contributed by atoms with E-state index in [1.165, 1.54) is 97.0 Å². The highest BCUT2D eigenvalue weighted by Gasteiger charge is 2.37. The Morgan fingerprint density at radius 3 is 1.11 bits per heavy atom. The number of rotatable bonds is 11. The van der Waals surface area contributed by atoms with Gasteiger partial charge >= 0.3 is 30.4 Å². The van der Waals surface area contributed by atoms with E-state index in [-0.39, 0.29) is 48.3 Å². The van der Waals surface area contributed by atoms with Gasteiger partial charge in [0.05, 0.1) is 60.2 Å². The lowest BCUT2D eigenvalue weighted by atomic mass is 10.1. The summed E-state index contributed by atoms with van der Waals surface area (Å²) in [6.45, 7) is 15.6. The Morgan fingerprint density at radius 1 is 0.483 bits per heavy atom. The van der Waals surface area contributed by atoms with E-state index >= 15 is 0 Å². The number of nitrogens with zero attached hydrogens (tertiary/aromatic N) is 8. The van der Waals surface area contributed by atoms with Crippen LogP contribution in [0.2, 0.25) is 0 Å². The van der Waals surface area contributed by atoms with Crippen LogP contribution in [-0.2, 0) is 77.1 Å². The van der Waals surface area contributed by atoms with Gasteiger partial charge < -0.3 is 41.1 Å². The second kappa shape index (κ2) is 46.2. The summed E-state index contributed by atoms with van der Waals surface area (Å²) < 4.78 is 164. The van der Waals surface area contributed by atoms with Crippen LogP contribution >= 0.6 is 47.2 Å². The van der Waals surface area contributed by atoms with Gasteiger partial charge in [-0.1, -0.05) is 125 Å². The summed E-state index contributed by atoms with van der Waals surface area (Å²) in [5, 5.41) is 33.9. The first-order chi connectivity index (χ1) is 54.1. The molecular formula is C81H82Cl4F13N11O7. The number of nitro benzene ring substituents is 2. The number of pyridine rings is 2. The zero-order chi connectivity index (χ0) is 84.1. The Hall–Kier alpha value is -10.7. The van der Waals surface area contributed by atoms with Crippen LogP contribution in [0, 0.1) is 26.0 Å². The Balaban J connectivity index is 0.000000293. The van der Waals surface area contributed by atoms with E-state index in [9.17, 15) is 86.9 Å². The fourth-order valence-electron chi connectivity index (χ4n) is 11.6. The molecule has 6 heterocycles. The number of nitrogen functional groups attached to an aromatic ring is 1. The fraction of sp³-hybridized carbons (Fsp3) is 0.259. The smallest absolute Gasteiger partial charge is 0.400 e. The molecular weight excluding hydrogens is 1630 g/mol. The van der Waals surface area contributed by atoms with Gasteiger partial charge in [0.1, 0.15) is 5.69 Å². The molecule has 0 atom stereocenters. The monoisotopic (exact) mass is 1710 g/mol. The first-order valence-corrected chi connectivity index (χ1v) is 35.9. The summed E-state index contributed by atoms with van der Waals surface area (Å²) in [5.41, 5.74) is 12.4. The minimum Gasteiger partial charge on any atom is -0.400 e. The molecule has 4 aliphatic rings. The maximum absolute atomic E-state index is 13.2. The predicted octanol–water partition coefficient (Wildman–Crippen LogP) is 21.8. The number of aromatic nitrogens is 2. The van der Waals surface area contributed by atoms with Crippen LogP contribution in [0.15, 0.2) is 219 Å². The van der Waals surface area contributed by atoms with E-state index in [4.69, 9.17) is 45.6 Å². The molecule has 0 aliphatic carbocycles. The Kier molecular flexibility index (Phi) is 38.9. The summed E-state index contributed by atoms with van der Waals surface area (Å²) in [4.78, 5) is 57.8. The Morgan fingerprint density at radius 2 is 0.784 bits per heavy atom. The summed E-state index contributed by atoms with van der Waals surface area (Å²) in [5.74, 6) is -1.78. The molecule has 5 N–H and O–H groups in total. The molecule has 2 aromatic heterocycles. The number of nitrogens with one attached hydrogen (secondary N) is 2. The van der Waals surface area contributed by atoms with Gasteiger partial charge in [0.25, 0.3) is 16.8 Å². The van der Waals surface area contributed by atoms with Crippen LogP contribution in [0.25, 0.3) is 0 Å². The van der Waals surface area contributed by atoms with Crippen molar-refractivity contribution >= 4 is 98.2 Å². The number of benzene rings is 8. The van der Waals surface area contributed by atoms with Crippen LogP contribution in [0.5, 0.6) is 0 Å². The van der Waals surface area contributed by atoms with Crippen LogP contribution in [0.3, 0.4) is 0 Å². The van der Waals surface area contributed by atoms with Gasteiger partial charge in [-0.15, -0.1) is 35.6 Å². The standard InChI is InChI=1S/C21H16F3N3O.C15H11F3N2O2.C15H13F3N2.C8H9N.C7H3F4NO2.C6H4ClNO.C6H15N.CH2Cl2.CH4O.CH4.ClH/c22-21(23,24)17-5-6-19(27-12-15-3-1-2-4-16(15)13-27)18(11-17)26-20(28)14-7-9-25-10-8-14;16-15(17,18)12-5-6-13(14(7-12)20(21)22)19-8-10-3-1-2-4-11(10)9-19;16-15(17,18)12-5-6-14(13(19)7-12)20-8-10-3-1-2-4-11(10)9-20;1-2-4-8-6-9-5-7(8)3-1;8-5-2-1-4(7(9,10)11)3-6(5)12(13)14;7-6(9)5-1-3-8-4-2-5;1-4-7(5-2)6-3;2-1-3;1-2;;/h1-11H,12-13H2,(H,26,28);1-7H,8-9H2;1-7H,8-9,19H2;1-4,9H,5-6H2;1-3H;1-4H;4-6H2,1-3H3;1H2;2H,1H3;1H4;1H. The molecule has 8 aromatic carbocycles. The topological polar surface area (TPSA) is 229 Å². The van der Waals surface area contributed by atoms with Crippen molar-refractivity contribution in [3.8, 4) is 0 Å². The normalized spacial score (nSPS) is 12.5. The van der Waals surface area contributed by atoms with Crippen molar-refractivity contribution in [2.24, 2.45) is 0 Å². The number of anilines is 5. The largest absolute Gasteiger partial charge is 0.416 e. The molecule has 14 rings (SSSR count). The number of carbonyl (C=O) groups is 2. The molecule has 0 unspecified atom stereocenters. The fourth-order valence-corrected chi connectivity index (χ4v) is 11.8. The number of carbonyl (C=O) groups excluding carboxylic acids is 2. The molecule has 18 nitrogen and oxygen atoms in total.